The number of carbonyl (C=O) groups excluding carboxylic acids is 1. The van der Waals surface area contributed by atoms with Crippen LogP contribution in [0.3, 0.4) is 0 Å². The van der Waals surface area contributed by atoms with Crippen molar-refractivity contribution in [2.75, 3.05) is 39.2 Å². The van der Waals surface area contributed by atoms with Crippen molar-refractivity contribution in [2.45, 2.75) is 58.0 Å². The summed E-state index contributed by atoms with van der Waals surface area (Å²) in [5.41, 5.74) is 1.12. The highest BCUT2D eigenvalue weighted by atomic mass is 32.1. The van der Waals surface area contributed by atoms with Crippen molar-refractivity contribution in [3.05, 3.63) is 47.0 Å². The highest BCUT2D eigenvalue weighted by Crippen LogP contribution is 2.62. The molecule has 8 nitrogen and oxygen atoms in total. The van der Waals surface area contributed by atoms with Crippen LogP contribution in [0.25, 0.3) is 0 Å². The number of amides is 1. The smallest absolute Gasteiger partial charge is 0.220 e. The van der Waals surface area contributed by atoms with E-state index < -0.39 is 11.5 Å². The molecule has 208 valence electrons. The van der Waals surface area contributed by atoms with Gasteiger partial charge in [-0.1, -0.05) is 26.0 Å². The van der Waals surface area contributed by atoms with Gasteiger partial charge in [-0.2, -0.15) is 0 Å². The summed E-state index contributed by atoms with van der Waals surface area (Å²) < 4.78 is 10.7. The van der Waals surface area contributed by atoms with E-state index in [9.17, 15) is 15.0 Å². The number of aliphatic hydroxyl groups excluding tert-OH is 2. The summed E-state index contributed by atoms with van der Waals surface area (Å²) in [6.45, 7) is 9.02. The first-order chi connectivity index (χ1) is 18.2. The second kappa shape index (κ2) is 11.6. The Hall–Kier alpha value is -2.62. The number of hydrogen-bond acceptors (Lipinski definition) is 8. The second-order valence-electron chi connectivity index (χ2n) is 11.0. The van der Waals surface area contributed by atoms with Crippen LogP contribution in [0.15, 0.2) is 30.9 Å². The van der Waals surface area contributed by atoms with Crippen molar-refractivity contribution in [2.24, 2.45) is 16.7 Å². The summed E-state index contributed by atoms with van der Waals surface area (Å²) in [4.78, 5) is 19.4. The van der Waals surface area contributed by atoms with E-state index in [4.69, 9.17) is 14.5 Å². The zero-order chi connectivity index (χ0) is 27.5. The molecule has 0 radical (unpaired) electrons. The number of anilines is 1. The van der Waals surface area contributed by atoms with Gasteiger partial charge in [0.1, 0.15) is 0 Å². The van der Waals surface area contributed by atoms with Crippen LogP contribution in [0.1, 0.15) is 55.2 Å². The number of nitrogens with zero attached hydrogens (tertiary/aromatic N) is 1. The Morgan fingerprint density at radius 3 is 2.74 bits per heavy atom. The molecular weight excluding hydrogens is 502 g/mol. The van der Waals surface area contributed by atoms with E-state index in [0.717, 1.165) is 34.1 Å². The molecule has 0 spiro atoms. The number of benzene rings is 1. The van der Waals surface area contributed by atoms with Gasteiger partial charge < -0.3 is 30.3 Å². The van der Waals surface area contributed by atoms with E-state index in [-0.39, 0.29) is 29.8 Å². The number of carbonyl (C=O) groups is 1. The van der Waals surface area contributed by atoms with E-state index >= 15 is 0 Å². The molecule has 2 aliphatic rings. The predicted octanol–water partition coefficient (Wildman–Crippen LogP) is 3.92. The first-order valence-corrected chi connectivity index (χ1v) is 14.1. The SMILES string of the molecule is C=CCNc1nc2c(s1)C[C@@H]1[C@](C)(CO)[C@H](O)CC[C@@]1(C)[C@@H]2CC(=O)NCCc1ccc(OC)c(OC)c1. The van der Waals surface area contributed by atoms with E-state index in [1.165, 1.54) is 0 Å². The molecule has 1 fully saturated rings. The van der Waals surface area contributed by atoms with E-state index in [1.807, 2.05) is 25.1 Å². The summed E-state index contributed by atoms with van der Waals surface area (Å²) in [5, 5.41) is 28.6. The third-order valence-corrected chi connectivity index (χ3v) is 9.92. The number of nitrogens with one attached hydrogen (secondary N) is 2. The Labute approximate surface area is 229 Å². The lowest BCUT2D eigenvalue weighted by molar-refractivity contribution is -0.144. The molecule has 4 N–H and O–H groups in total. The van der Waals surface area contributed by atoms with Crippen LogP contribution in [-0.2, 0) is 17.6 Å². The van der Waals surface area contributed by atoms with Gasteiger partial charge in [-0.15, -0.1) is 17.9 Å². The Morgan fingerprint density at radius 2 is 2.05 bits per heavy atom. The molecule has 0 saturated heterocycles. The molecule has 1 aromatic heterocycles. The second-order valence-corrected chi connectivity index (χ2v) is 12.1. The van der Waals surface area contributed by atoms with Crippen LogP contribution in [0.2, 0.25) is 0 Å². The topological polar surface area (TPSA) is 113 Å². The maximum Gasteiger partial charge on any atom is 0.220 e. The van der Waals surface area contributed by atoms with Crippen molar-refractivity contribution in [1.29, 1.82) is 0 Å². The van der Waals surface area contributed by atoms with Gasteiger partial charge in [-0.3, -0.25) is 4.79 Å². The van der Waals surface area contributed by atoms with Gasteiger partial charge in [0.15, 0.2) is 16.6 Å². The van der Waals surface area contributed by atoms with Crippen molar-refractivity contribution >= 4 is 22.4 Å². The van der Waals surface area contributed by atoms with Gasteiger partial charge >= 0.3 is 0 Å². The average molecular weight is 544 g/mol. The number of rotatable bonds is 11. The number of ether oxygens (including phenoxy) is 2. The molecule has 0 aliphatic heterocycles. The van der Waals surface area contributed by atoms with Gasteiger partial charge in [-0.25, -0.2) is 4.98 Å². The molecular formula is C29H41N3O5S. The molecule has 0 unspecified atom stereocenters. The van der Waals surface area contributed by atoms with Crippen LogP contribution in [0, 0.1) is 16.7 Å². The van der Waals surface area contributed by atoms with Crippen LogP contribution in [0.5, 0.6) is 11.5 Å². The molecule has 4 rings (SSSR count). The Morgan fingerprint density at radius 1 is 1.29 bits per heavy atom. The maximum atomic E-state index is 13.3. The third-order valence-electron chi connectivity index (χ3n) is 8.86. The summed E-state index contributed by atoms with van der Waals surface area (Å²) in [6.07, 6.45) is 4.33. The van der Waals surface area contributed by atoms with Gasteiger partial charge in [0.2, 0.25) is 5.91 Å². The molecule has 9 heteroatoms. The number of thiazole rings is 1. The van der Waals surface area contributed by atoms with E-state index in [2.05, 4.69) is 24.1 Å². The fourth-order valence-corrected chi connectivity index (χ4v) is 7.60. The maximum absolute atomic E-state index is 13.3. The van der Waals surface area contributed by atoms with E-state index in [0.29, 0.717) is 43.9 Å². The normalized spacial score (nSPS) is 28.1. The first-order valence-electron chi connectivity index (χ1n) is 13.3. The molecule has 1 aromatic carbocycles. The Balaban J connectivity index is 1.53. The van der Waals surface area contributed by atoms with Gasteiger partial charge in [0.25, 0.3) is 0 Å². The number of aliphatic hydroxyl groups is 2. The van der Waals surface area contributed by atoms with Crippen molar-refractivity contribution in [3.8, 4) is 11.5 Å². The predicted molar refractivity (Wildman–Crippen MR) is 150 cm³/mol. The van der Waals surface area contributed by atoms with E-state index in [1.54, 1.807) is 31.6 Å². The van der Waals surface area contributed by atoms with Gasteiger partial charge in [0, 0.05) is 35.7 Å². The lowest BCUT2D eigenvalue weighted by Gasteiger charge is -2.58. The number of hydrogen-bond donors (Lipinski definition) is 4. The Bertz CT molecular complexity index is 1150. The first kappa shape index (κ1) is 28.4. The van der Waals surface area contributed by atoms with Crippen molar-refractivity contribution in [3.63, 3.8) is 0 Å². The lowest BCUT2D eigenvalue weighted by Crippen LogP contribution is -2.57. The number of methoxy groups -OCH3 is 2. The lowest BCUT2D eigenvalue weighted by atomic mass is 9.47. The van der Waals surface area contributed by atoms with Crippen molar-refractivity contribution < 1.29 is 24.5 Å². The molecule has 1 amide bonds. The highest BCUT2D eigenvalue weighted by Gasteiger charge is 2.59. The molecule has 2 aliphatic carbocycles. The molecule has 5 atom stereocenters. The monoisotopic (exact) mass is 543 g/mol. The Kier molecular flexibility index (Phi) is 8.69. The third kappa shape index (κ3) is 5.28. The fraction of sp³-hybridized carbons (Fsp3) is 0.586. The van der Waals surface area contributed by atoms with Gasteiger partial charge in [-0.05, 0) is 54.7 Å². The molecule has 1 saturated carbocycles. The molecule has 1 heterocycles. The van der Waals surface area contributed by atoms with Crippen molar-refractivity contribution in [1.82, 2.24) is 10.3 Å². The molecule has 38 heavy (non-hydrogen) atoms. The molecule has 0 bridgehead atoms. The largest absolute Gasteiger partial charge is 0.493 e. The fourth-order valence-electron chi connectivity index (χ4n) is 6.52. The minimum Gasteiger partial charge on any atom is -0.493 e. The summed E-state index contributed by atoms with van der Waals surface area (Å²) in [6, 6.07) is 5.78. The van der Waals surface area contributed by atoms with Gasteiger partial charge in [0.05, 0.1) is 32.6 Å². The average Bonchev–Trinajstić information content (AvgIpc) is 3.33. The standard InChI is InChI=1S/C29H41N3O5S/c1-6-12-31-27-32-26-19(15-25(35)30-13-10-18-7-8-20(36-4)21(14-18)37-5)28(2)11-9-24(34)29(3,17-33)23(28)16-22(26)38-27/h6-8,14,19,23-24,33-34H,1,9-13,15-17H2,2-5H3,(H,30,35)(H,31,32)/t19-,23+,24-,28+,29+/m1/s1. The number of fused-ring (bicyclic) bond motifs is 2. The minimum atomic E-state index is -0.633. The number of aromatic nitrogens is 1. The highest BCUT2D eigenvalue weighted by molar-refractivity contribution is 7.15. The summed E-state index contributed by atoms with van der Waals surface area (Å²) in [5.74, 6) is 1.25. The van der Waals surface area contributed by atoms with Crippen LogP contribution < -0.4 is 20.1 Å². The quantitative estimate of drug-likeness (QED) is 0.318. The molecule has 2 aromatic rings. The zero-order valence-corrected chi connectivity index (χ0v) is 23.7. The summed E-state index contributed by atoms with van der Waals surface area (Å²) >= 11 is 1.61. The minimum absolute atomic E-state index is 0.0197. The van der Waals surface area contributed by atoms with Crippen LogP contribution in [0.4, 0.5) is 5.13 Å². The summed E-state index contributed by atoms with van der Waals surface area (Å²) in [7, 11) is 3.22. The van der Waals surface area contributed by atoms with Crippen LogP contribution >= 0.6 is 11.3 Å². The zero-order valence-electron chi connectivity index (χ0n) is 22.9. The van der Waals surface area contributed by atoms with Crippen LogP contribution in [-0.4, -0.2) is 61.1 Å².